The van der Waals surface area contributed by atoms with Gasteiger partial charge >= 0.3 is 5.97 Å². The molecule has 3 rings (SSSR count). The standard InChI is InChI=1S/C21H17ClN2O5S/c22-15-4-5-18(17(9-15)21(27)28)24-20(26)12-30-11-19(25)23-16-3-1-2-13(8-16)14-6-7-29-10-14/h1-10H,11-12H2,(H,23,25)(H,24,26)(H,27,28). The molecule has 1 heterocycles. The maximum absolute atomic E-state index is 12.2. The number of halogens is 1. The first-order chi connectivity index (χ1) is 14.4. The molecule has 154 valence electrons. The Kier molecular flexibility index (Phi) is 7.16. The predicted octanol–water partition coefficient (Wildman–Crippen LogP) is 4.61. The fourth-order valence-corrected chi connectivity index (χ4v) is 3.42. The Morgan fingerprint density at radius 1 is 0.967 bits per heavy atom. The number of carboxylic acids is 1. The zero-order valence-electron chi connectivity index (χ0n) is 15.6. The highest BCUT2D eigenvalue weighted by Crippen LogP contribution is 2.23. The van der Waals surface area contributed by atoms with Gasteiger partial charge in [0, 0.05) is 16.3 Å². The summed E-state index contributed by atoms with van der Waals surface area (Å²) in [6, 6.07) is 13.3. The largest absolute Gasteiger partial charge is 0.478 e. The minimum atomic E-state index is -1.20. The van der Waals surface area contributed by atoms with E-state index in [2.05, 4.69) is 10.6 Å². The third-order valence-corrected chi connectivity index (χ3v) is 5.12. The average Bonchev–Trinajstić information content (AvgIpc) is 3.24. The van der Waals surface area contributed by atoms with E-state index in [1.165, 1.54) is 18.2 Å². The van der Waals surface area contributed by atoms with Crippen molar-refractivity contribution in [3.8, 4) is 11.1 Å². The van der Waals surface area contributed by atoms with Gasteiger partial charge in [-0.3, -0.25) is 9.59 Å². The van der Waals surface area contributed by atoms with E-state index in [4.69, 9.17) is 16.0 Å². The molecule has 0 saturated carbocycles. The van der Waals surface area contributed by atoms with Gasteiger partial charge in [-0.25, -0.2) is 4.79 Å². The van der Waals surface area contributed by atoms with Crippen LogP contribution in [0.2, 0.25) is 5.02 Å². The van der Waals surface area contributed by atoms with Crippen molar-refractivity contribution in [2.75, 3.05) is 22.1 Å². The quantitative estimate of drug-likeness (QED) is 0.468. The zero-order valence-corrected chi connectivity index (χ0v) is 17.1. The van der Waals surface area contributed by atoms with E-state index in [1.807, 2.05) is 24.3 Å². The van der Waals surface area contributed by atoms with Crippen LogP contribution in [0.15, 0.2) is 65.5 Å². The number of benzene rings is 2. The fourth-order valence-electron chi connectivity index (χ4n) is 2.63. The third-order valence-electron chi connectivity index (χ3n) is 3.95. The van der Waals surface area contributed by atoms with Gasteiger partial charge < -0.3 is 20.2 Å². The van der Waals surface area contributed by atoms with Crippen LogP contribution in [0.3, 0.4) is 0 Å². The number of carbonyl (C=O) groups excluding carboxylic acids is 2. The molecule has 0 saturated heterocycles. The molecule has 0 unspecified atom stereocenters. The van der Waals surface area contributed by atoms with Crippen LogP contribution >= 0.6 is 23.4 Å². The van der Waals surface area contributed by atoms with Crippen LogP contribution in [0.1, 0.15) is 10.4 Å². The van der Waals surface area contributed by atoms with Gasteiger partial charge in [0.25, 0.3) is 0 Å². The van der Waals surface area contributed by atoms with Gasteiger partial charge in [-0.2, -0.15) is 0 Å². The fraction of sp³-hybridized carbons (Fsp3) is 0.0952. The number of carbonyl (C=O) groups is 3. The molecule has 1 aromatic heterocycles. The Labute approximate surface area is 181 Å². The van der Waals surface area contributed by atoms with Crippen LogP contribution < -0.4 is 10.6 Å². The van der Waals surface area contributed by atoms with Gasteiger partial charge in [0.2, 0.25) is 11.8 Å². The molecule has 2 amide bonds. The van der Waals surface area contributed by atoms with Gasteiger partial charge in [0.15, 0.2) is 0 Å². The van der Waals surface area contributed by atoms with Crippen molar-refractivity contribution in [3.63, 3.8) is 0 Å². The van der Waals surface area contributed by atoms with E-state index in [1.54, 1.807) is 18.6 Å². The van der Waals surface area contributed by atoms with Gasteiger partial charge in [0.05, 0.1) is 35.3 Å². The molecule has 0 radical (unpaired) electrons. The number of anilines is 2. The lowest BCUT2D eigenvalue weighted by atomic mass is 10.1. The Hall–Kier alpha value is -3.23. The van der Waals surface area contributed by atoms with Crippen molar-refractivity contribution >= 4 is 52.5 Å². The molecule has 30 heavy (non-hydrogen) atoms. The summed E-state index contributed by atoms with van der Waals surface area (Å²) in [4.78, 5) is 35.5. The lowest BCUT2D eigenvalue weighted by Gasteiger charge is -2.09. The Morgan fingerprint density at radius 2 is 1.73 bits per heavy atom. The second-order valence-electron chi connectivity index (χ2n) is 6.18. The van der Waals surface area contributed by atoms with Crippen molar-refractivity contribution in [1.29, 1.82) is 0 Å². The van der Waals surface area contributed by atoms with Crippen LogP contribution in [0.25, 0.3) is 11.1 Å². The van der Waals surface area contributed by atoms with Crippen LogP contribution in [0.4, 0.5) is 11.4 Å². The Bertz CT molecular complexity index is 1070. The van der Waals surface area contributed by atoms with Crippen LogP contribution in [-0.4, -0.2) is 34.4 Å². The second-order valence-corrected chi connectivity index (χ2v) is 7.60. The van der Waals surface area contributed by atoms with Crippen LogP contribution in [0, 0.1) is 0 Å². The minimum absolute atomic E-state index is 0.00976. The monoisotopic (exact) mass is 444 g/mol. The first kappa shape index (κ1) is 21.5. The maximum atomic E-state index is 12.2. The molecule has 3 N–H and O–H groups in total. The first-order valence-corrected chi connectivity index (χ1v) is 10.3. The lowest BCUT2D eigenvalue weighted by molar-refractivity contribution is -0.114. The van der Waals surface area contributed by atoms with Crippen molar-refractivity contribution in [2.24, 2.45) is 0 Å². The number of carboxylic acid groups (broad SMARTS) is 1. The number of rotatable bonds is 8. The first-order valence-electron chi connectivity index (χ1n) is 8.75. The van der Waals surface area contributed by atoms with Crippen molar-refractivity contribution in [1.82, 2.24) is 0 Å². The molecule has 0 aliphatic heterocycles. The number of aromatic carboxylic acids is 1. The molecule has 7 nitrogen and oxygen atoms in total. The number of nitrogens with one attached hydrogen (secondary N) is 2. The zero-order chi connectivity index (χ0) is 21.5. The molecule has 0 aliphatic rings. The van der Waals surface area contributed by atoms with E-state index >= 15 is 0 Å². The van der Waals surface area contributed by atoms with E-state index < -0.39 is 11.9 Å². The second kappa shape index (κ2) is 10.00. The molecule has 0 atom stereocenters. The summed E-state index contributed by atoms with van der Waals surface area (Å²) in [6.07, 6.45) is 3.19. The highest BCUT2D eigenvalue weighted by molar-refractivity contribution is 8.00. The summed E-state index contributed by atoms with van der Waals surface area (Å²) < 4.78 is 5.07. The smallest absolute Gasteiger partial charge is 0.337 e. The van der Waals surface area contributed by atoms with Gasteiger partial charge in [0.1, 0.15) is 0 Å². The molecule has 3 aromatic rings. The molecule has 0 bridgehead atoms. The van der Waals surface area contributed by atoms with E-state index in [-0.39, 0.29) is 33.7 Å². The van der Waals surface area contributed by atoms with Crippen molar-refractivity contribution < 1.29 is 23.9 Å². The molecule has 0 aliphatic carbocycles. The van der Waals surface area contributed by atoms with Gasteiger partial charge in [-0.15, -0.1) is 11.8 Å². The van der Waals surface area contributed by atoms with Crippen molar-refractivity contribution in [3.05, 3.63) is 71.6 Å². The van der Waals surface area contributed by atoms with E-state index in [0.717, 1.165) is 22.9 Å². The SMILES string of the molecule is O=C(CSCC(=O)Nc1ccc(Cl)cc1C(=O)O)Nc1cccc(-c2ccoc2)c1. The summed E-state index contributed by atoms with van der Waals surface area (Å²) in [6.45, 7) is 0. The number of hydrogen-bond donors (Lipinski definition) is 3. The lowest BCUT2D eigenvalue weighted by Crippen LogP contribution is -2.19. The highest BCUT2D eigenvalue weighted by Gasteiger charge is 2.14. The van der Waals surface area contributed by atoms with E-state index in [9.17, 15) is 19.5 Å². The van der Waals surface area contributed by atoms with Gasteiger partial charge in [-0.1, -0.05) is 23.7 Å². The predicted molar refractivity (Wildman–Crippen MR) is 117 cm³/mol. The summed E-state index contributed by atoms with van der Waals surface area (Å²) in [7, 11) is 0. The summed E-state index contributed by atoms with van der Waals surface area (Å²) in [5, 5.41) is 14.8. The number of thioether (sulfide) groups is 1. The molecule has 2 aromatic carbocycles. The van der Waals surface area contributed by atoms with Crippen LogP contribution in [0.5, 0.6) is 0 Å². The molecule has 0 spiro atoms. The average molecular weight is 445 g/mol. The summed E-state index contributed by atoms with van der Waals surface area (Å²) in [5.74, 6) is -1.81. The third kappa shape index (κ3) is 5.88. The Morgan fingerprint density at radius 3 is 2.43 bits per heavy atom. The highest BCUT2D eigenvalue weighted by atomic mass is 35.5. The van der Waals surface area contributed by atoms with Crippen molar-refractivity contribution in [2.45, 2.75) is 0 Å². The summed E-state index contributed by atoms with van der Waals surface area (Å²) in [5.41, 5.74) is 2.50. The molecular weight excluding hydrogens is 428 g/mol. The molecule has 0 fully saturated rings. The number of furan rings is 1. The normalized spacial score (nSPS) is 10.4. The number of amides is 2. The van der Waals surface area contributed by atoms with Gasteiger partial charge in [-0.05, 0) is 42.0 Å². The minimum Gasteiger partial charge on any atom is -0.478 e. The van der Waals surface area contributed by atoms with Crippen LogP contribution in [-0.2, 0) is 9.59 Å². The Balaban J connectivity index is 1.49. The van der Waals surface area contributed by atoms with E-state index in [0.29, 0.717) is 5.69 Å². The maximum Gasteiger partial charge on any atom is 0.337 e. The summed E-state index contributed by atoms with van der Waals surface area (Å²) >= 11 is 6.91. The molecule has 9 heteroatoms. The topological polar surface area (TPSA) is 109 Å². The molecular formula is C21H17ClN2O5S. The number of hydrogen-bond acceptors (Lipinski definition) is 5.